The molecular formula is C17H17NO2S. The van der Waals surface area contributed by atoms with Crippen molar-refractivity contribution in [2.45, 2.75) is 13.2 Å². The van der Waals surface area contributed by atoms with Gasteiger partial charge in [-0.05, 0) is 35.2 Å². The second-order valence-corrected chi connectivity index (χ2v) is 5.90. The number of para-hydroxylation sites is 2. The molecule has 0 fully saturated rings. The van der Waals surface area contributed by atoms with Crippen molar-refractivity contribution in [1.82, 2.24) is 0 Å². The van der Waals surface area contributed by atoms with Gasteiger partial charge in [-0.1, -0.05) is 24.3 Å². The number of benzene rings is 2. The molecule has 2 N–H and O–H groups in total. The maximum atomic E-state index is 5.86. The molecule has 0 radical (unpaired) electrons. The Morgan fingerprint density at radius 2 is 1.86 bits per heavy atom. The highest BCUT2D eigenvalue weighted by atomic mass is 32.1. The van der Waals surface area contributed by atoms with Crippen LogP contribution in [0.4, 0.5) is 0 Å². The van der Waals surface area contributed by atoms with Crippen molar-refractivity contribution in [2.24, 2.45) is 5.73 Å². The van der Waals surface area contributed by atoms with Gasteiger partial charge in [-0.3, -0.25) is 0 Å². The van der Waals surface area contributed by atoms with Crippen LogP contribution in [0.25, 0.3) is 10.1 Å². The summed E-state index contributed by atoms with van der Waals surface area (Å²) in [4.78, 5) is 1.19. The van der Waals surface area contributed by atoms with Crippen molar-refractivity contribution in [2.75, 3.05) is 7.11 Å². The van der Waals surface area contributed by atoms with Crippen molar-refractivity contribution in [1.29, 1.82) is 0 Å². The molecule has 0 unspecified atom stereocenters. The van der Waals surface area contributed by atoms with Gasteiger partial charge in [0, 0.05) is 16.1 Å². The van der Waals surface area contributed by atoms with E-state index >= 15 is 0 Å². The highest BCUT2D eigenvalue weighted by Gasteiger charge is 2.06. The maximum Gasteiger partial charge on any atom is 0.161 e. The Hall–Kier alpha value is -2.04. The molecule has 0 saturated heterocycles. The molecule has 0 aliphatic carbocycles. The number of methoxy groups -OCH3 is 1. The molecule has 0 spiro atoms. The summed E-state index contributed by atoms with van der Waals surface area (Å²) >= 11 is 1.74. The van der Waals surface area contributed by atoms with Crippen LogP contribution in [-0.2, 0) is 13.2 Å². The summed E-state index contributed by atoms with van der Waals surface area (Å²) < 4.78 is 12.4. The minimum Gasteiger partial charge on any atom is -0.493 e. The number of hydrogen-bond acceptors (Lipinski definition) is 4. The van der Waals surface area contributed by atoms with Crippen LogP contribution < -0.4 is 15.2 Å². The van der Waals surface area contributed by atoms with Crippen LogP contribution in [0.15, 0.2) is 48.5 Å². The van der Waals surface area contributed by atoms with Crippen LogP contribution in [0.2, 0.25) is 0 Å². The van der Waals surface area contributed by atoms with Gasteiger partial charge in [-0.15, -0.1) is 11.3 Å². The van der Waals surface area contributed by atoms with E-state index in [1.807, 2.05) is 24.3 Å². The molecule has 2 aromatic carbocycles. The van der Waals surface area contributed by atoms with Crippen LogP contribution in [-0.4, -0.2) is 7.11 Å². The Bertz CT molecular complexity index is 751. The molecule has 0 amide bonds. The second kappa shape index (κ2) is 6.16. The zero-order chi connectivity index (χ0) is 14.7. The smallest absolute Gasteiger partial charge is 0.161 e. The predicted molar refractivity (Wildman–Crippen MR) is 87.0 cm³/mol. The average molecular weight is 299 g/mol. The van der Waals surface area contributed by atoms with Gasteiger partial charge in [-0.2, -0.15) is 0 Å². The third kappa shape index (κ3) is 3.01. The Labute approximate surface area is 127 Å². The van der Waals surface area contributed by atoms with Gasteiger partial charge in [-0.25, -0.2) is 0 Å². The van der Waals surface area contributed by atoms with E-state index in [4.69, 9.17) is 15.2 Å². The molecule has 1 aromatic heterocycles. The zero-order valence-electron chi connectivity index (χ0n) is 11.8. The first-order valence-electron chi connectivity index (χ1n) is 6.77. The quantitative estimate of drug-likeness (QED) is 0.776. The number of thiophene rings is 1. The largest absolute Gasteiger partial charge is 0.493 e. The summed E-state index contributed by atoms with van der Waals surface area (Å²) in [7, 11) is 1.65. The Morgan fingerprint density at radius 1 is 1.05 bits per heavy atom. The van der Waals surface area contributed by atoms with Crippen molar-refractivity contribution in [3.8, 4) is 11.5 Å². The topological polar surface area (TPSA) is 44.5 Å². The maximum absolute atomic E-state index is 5.86. The molecule has 0 aliphatic heterocycles. The minimum atomic E-state index is 0.539. The second-order valence-electron chi connectivity index (χ2n) is 4.73. The van der Waals surface area contributed by atoms with E-state index < -0.39 is 0 Å². The fraction of sp³-hybridized carbons (Fsp3) is 0.176. The number of fused-ring (bicyclic) bond motifs is 1. The van der Waals surface area contributed by atoms with E-state index in [0.717, 1.165) is 17.1 Å². The molecule has 1 heterocycles. The monoisotopic (exact) mass is 299 g/mol. The fourth-order valence-corrected chi connectivity index (χ4v) is 3.26. The Balaban J connectivity index is 1.79. The molecule has 3 nitrogen and oxygen atoms in total. The molecular weight excluding hydrogens is 282 g/mol. The van der Waals surface area contributed by atoms with E-state index in [2.05, 4.69) is 24.3 Å². The SMILES string of the molecule is COc1ccccc1OCc1cc2ccc(CN)cc2s1. The average Bonchev–Trinajstić information content (AvgIpc) is 2.94. The third-order valence-corrected chi connectivity index (χ3v) is 4.38. The van der Waals surface area contributed by atoms with Gasteiger partial charge in [0.1, 0.15) is 6.61 Å². The van der Waals surface area contributed by atoms with Crippen LogP contribution in [0.5, 0.6) is 11.5 Å². The van der Waals surface area contributed by atoms with E-state index in [1.165, 1.54) is 15.0 Å². The van der Waals surface area contributed by atoms with E-state index in [9.17, 15) is 0 Å². The normalized spacial score (nSPS) is 10.8. The Kier molecular flexibility index (Phi) is 4.08. The molecule has 108 valence electrons. The molecule has 0 aliphatic rings. The Morgan fingerprint density at radius 3 is 2.62 bits per heavy atom. The summed E-state index contributed by atoms with van der Waals surface area (Å²) in [5.41, 5.74) is 6.83. The van der Waals surface area contributed by atoms with E-state index in [1.54, 1.807) is 18.4 Å². The first kappa shape index (κ1) is 13.9. The highest BCUT2D eigenvalue weighted by Crippen LogP contribution is 2.30. The fourth-order valence-electron chi connectivity index (χ4n) is 2.22. The van der Waals surface area contributed by atoms with Crippen molar-refractivity contribution in [3.05, 3.63) is 59.0 Å². The predicted octanol–water partition coefficient (Wildman–Crippen LogP) is 3.95. The number of ether oxygens (including phenoxy) is 2. The summed E-state index contributed by atoms with van der Waals surface area (Å²) in [5.74, 6) is 1.52. The van der Waals surface area contributed by atoms with Crippen LogP contribution in [0.3, 0.4) is 0 Å². The van der Waals surface area contributed by atoms with Gasteiger partial charge in [0.25, 0.3) is 0 Å². The molecule has 0 atom stereocenters. The van der Waals surface area contributed by atoms with Gasteiger partial charge in [0.2, 0.25) is 0 Å². The van der Waals surface area contributed by atoms with Crippen molar-refractivity contribution in [3.63, 3.8) is 0 Å². The van der Waals surface area contributed by atoms with Crippen molar-refractivity contribution < 1.29 is 9.47 Å². The molecule has 4 heteroatoms. The summed E-state index contributed by atoms with van der Waals surface area (Å²) in [5, 5.41) is 1.23. The molecule has 3 rings (SSSR count). The number of nitrogens with two attached hydrogens (primary N) is 1. The summed E-state index contributed by atoms with van der Waals surface area (Å²) in [6, 6.07) is 16.2. The van der Waals surface area contributed by atoms with Gasteiger partial charge >= 0.3 is 0 Å². The summed E-state index contributed by atoms with van der Waals surface area (Å²) in [6.07, 6.45) is 0. The summed E-state index contributed by atoms with van der Waals surface area (Å²) in [6.45, 7) is 1.11. The molecule has 21 heavy (non-hydrogen) atoms. The standard InChI is InChI=1S/C17H17NO2S/c1-19-15-4-2-3-5-16(15)20-11-14-9-13-7-6-12(10-18)8-17(13)21-14/h2-9H,10-11,18H2,1H3. The van der Waals surface area contributed by atoms with E-state index in [0.29, 0.717) is 13.2 Å². The minimum absolute atomic E-state index is 0.539. The van der Waals surface area contributed by atoms with Gasteiger partial charge in [0.05, 0.1) is 7.11 Å². The zero-order valence-corrected chi connectivity index (χ0v) is 12.7. The molecule has 0 bridgehead atoms. The van der Waals surface area contributed by atoms with Crippen LogP contribution >= 0.6 is 11.3 Å². The van der Waals surface area contributed by atoms with E-state index in [-0.39, 0.29) is 0 Å². The van der Waals surface area contributed by atoms with Crippen LogP contribution in [0.1, 0.15) is 10.4 Å². The first-order chi connectivity index (χ1) is 10.3. The molecule has 3 aromatic rings. The van der Waals surface area contributed by atoms with Crippen LogP contribution in [0, 0.1) is 0 Å². The number of rotatable bonds is 5. The van der Waals surface area contributed by atoms with Crippen molar-refractivity contribution >= 4 is 21.4 Å². The third-order valence-electron chi connectivity index (χ3n) is 3.31. The highest BCUT2D eigenvalue weighted by molar-refractivity contribution is 7.19. The number of hydrogen-bond donors (Lipinski definition) is 1. The lowest BCUT2D eigenvalue weighted by Gasteiger charge is -2.08. The van der Waals surface area contributed by atoms with Gasteiger partial charge in [0.15, 0.2) is 11.5 Å². The first-order valence-corrected chi connectivity index (χ1v) is 7.59. The lowest BCUT2D eigenvalue weighted by Crippen LogP contribution is -1.95. The lowest BCUT2D eigenvalue weighted by atomic mass is 10.2. The molecule has 0 saturated carbocycles. The van der Waals surface area contributed by atoms with Gasteiger partial charge < -0.3 is 15.2 Å². The lowest BCUT2D eigenvalue weighted by molar-refractivity contribution is 0.287.